The van der Waals surface area contributed by atoms with Crippen molar-refractivity contribution in [1.82, 2.24) is 9.88 Å². The number of carbonyl (C=O) groups is 2. The molecule has 150 valence electrons. The maximum absolute atomic E-state index is 13.1. The number of carboxylic acid groups (broad SMARTS) is 1. The molecule has 2 aliphatic rings. The Bertz CT molecular complexity index is 638. The summed E-state index contributed by atoms with van der Waals surface area (Å²) in [6.07, 6.45) is 12.0. The Morgan fingerprint density at radius 3 is 2.52 bits per heavy atom. The summed E-state index contributed by atoms with van der Waals surface area (Å²) in [6, 6.07) is 0.619. The number of urea groups is 1. The summed E-state index contributed by atoms with van der Waals surface area (Å²) in [5.41, 5.74) is 0. The van der Waals surface area contributed by atoms with Gasteiger partial charge in [0, 0.05) is 12.1 Å². The standard InChI is InChI=1S/C19H29N3O3S2/c1-13-7-9-15(10-8-13)22(14-5-3-2-4-6-14)19(25)21-18-20-11-17(27-18)26-12-16(23)24/h11,13-15H,2-10,12H2,1H3,(H,23,24)(H,20,21,25). The van der Waals surface area contributed by atoms with Gasteiger partial charge >= 0.3 is 12.0 Å². The molecule has 0 saturated heterocycles. The SMILES string of the molecule is CC1CCC(N(C(=O)Nc2ncc(SCC(=O)O)s2)C2CCCCC2)CC1. The number of nitrogens with zero attached hydrogens (tertiary/aromatic N) is 2. The van der Waals surface area contributed by atoms with E-state index in [9.17, 15) is 9.59 Å². The summed E-state index contributed by atoms with van der Waals surface area (Å²) < 4.78 is 0.809. The molecule has 2 saturated carbocycles. The number of thioether (sulfide) groups is 1. The fourth-order valence-electron chi connectivity index (χ4n) is 4.18. The first-order valence-electron chi connectivity index (χ1n) is 9.92. The minimum absolute atomic E-state index is 0.00401. The lowest BCUT2D eigenvalue weighted by Gasteiger charge is -2.42. The van der Waals surface area contributed by atoms with Crippen molar-refractivity contribution in [2.45, 2.75) is 81.0 Å². The summed E-state index contributed by atoms with van der Waals surface area (Å²) in [5.74, 6) is -0.0939. The maximum Gasteiger partial charge on any atom is 0.324 e. The predicted octanol–water partition coefficient (Wildman–Crippen LogP) is 5.07. The molecule has 27 heavy (non-hydrogen) atoms. The first-order chi connectivity index (χ1) is 13.0. The first-order valence-corrected chi connectivity index (χ1v) is 11.7. The van der Waals surface area contributed by atoms with Gasteiger partial charge in [-0.1, -0.05) is 37.5 Å². The lowest BCUT2D eigenvalue weighted by Crippen LogP contribution is -2.51. The molecule has 3 rings (SSSR count). The van der Waals surface area contributed by atoms with Gasteiger partial charge in [0.15, 0.2) is 5.13 Å². The van der Waals surface area contributed by atoms with E-state index in [4.69, 9.17) is 5.11 Å². The van der Waals surface area contributed by atoms with Crippen molar-refractivity contribution < 1.29 is 14.7 Å². The van der Waals surface area contributed by atoms with Gasteiger partial charge in [-0.15, -0.1) is 11.8 Å². The van der Waals surface area contributed by atoms with Crippen molar-refractivity contribution in [1.29, 1.82) is 0 Å². The number of rotatable bonds is 6. The minimum Gasteiger partial charge on any atom is -0.481 e. The second-order valence-electron chi connectivity index (χ2n) is 7.71. The number of nitrogens with one attached hydrogen (secondary N) is 1. The molecule has 0 unspecified atom stereocenters. The van der Waals surface area contributed by atoms with Crippen LogP contribution in [-0.2, 0) is 4.79 Å². The third-order valence-electron chi connectivity index (χ3n) is 5.62. The highest BCUT2D eigenvalue weighted by atomic mass is 32.2. The molecule has 0 aliphatic heterocycles. The fourth-order valence-corrected chi connectivity index (χ4v) is 5.76. The summed E-state index contributed by atoms with van der Waals surface area (Å²) >= 11 is 2.58. The highest BCUT2D eigenvalue weighted by Crippen LogP contribution is 2.33. The number of hydrogen-bond donors (Lipinski definition) is 2. The Balaban J connectivity index is 1.66. The van der Waals surface area contributed by atoms with Crippen LogP contribution in [0.25, 0.3) is 0 Å². The average molecular weight is 412 g/mol. The molecule has 0 bridgehead atoms. The van der Waals surface area contributed by atoms with Crippen LogP contribution in [0.2, 0.25) is 0 Å². The average Bonchev–Trinajstić information content (AvgIpc) is 3.10. The normalized spacial score (nSPS) is 23.7. The number of anilines is 1. The van der Waals surface area contributed by atoms with E-state index in [2.05, 4.69) is 22.1 Å². The van der Waals surface area contributed by atoms with Crippen molar-refractivity contribution >= 4 is 40.2 Å². The summed E-state index contributed by atoms with van der Waals surface area (Å²) in [5, 5.41) is 12.3. The first kappa shape index (κ1) is 20.5. The van der Waals surface area contributed by atoms with Gasteiger partial charge in [-0.3, -0.25) is 10.1 Å². The van der Waals surface area contributed by atoms with Gasteiger partial charge in [0.2, 0.25) is 0 Å². The van der Waals surface area contributed by atoms with Gasteiger partial charge in [-0.05, 0) is 44.4 Å². The smallest absolute Gasteiger partial charge is 0.324 e. The monoisotopic (exact) mass is 411 g/mol. The zero-order chi connectivity index (χ0) is 19.2. The Morgan fingerprint density at radius 2 is 1.85 bits per heavy atom. The molecule has 2 fully saturated rings. The van der Waals surface area contributed by atoms with Crippen molar-refractivity contribution in [2.75, 3.05) is 11.1 Å². The largest absolute Gasteiger partial charge is 0.481 e. The summed E-state index contributed by atoms with van der Waals surface area (Å²) in [4.78, 5) is 30.2. The quantitative estimate of drug-likeness (QED) is 0.639. The van der Waals surface area contributed by atoms with E-state index < -0.39 is 5.97 Å². The van der Waals surface area contributed by atoms with Gasteiger partial charge in [-0.25, -0.2) is 9.78 Å². The molecule has 0 aromatic carbocycles. The number of aliphatic carboxylic acids is 1. The number of hydrogen-bond acceptors (Lipinski definition) is 5. The van der Waals surface area contributed by atoms with Crippen LogP contribution in [0.1, 0.15) is 64.7 Å². The molecule has 1 aromatic heterocycles. The van der Waals surface area contributed by atoms with E-state index in [0.29, 0.717) is 17.2 Å². The molecule has 2 amide bonds. The molecular weight excluding hydrogens is 382 g/mol. The van der Waals surface area contributed by atoms with Crippen molar-refractivity contribution in [3.8, 4) is 0 Å². The van der Waals surface area contributed by atoms with Gasteiger partial charge in [0.25, 0.3) is 0 Å². The number of amides is 2. The van der Waals surface area contributed by atoms with Crippen LogP contribution >= 0.6 is 23.1 Å². The van der Waals surface area contributed by atoms with E-state index in [1.807, 2.05) is 0 Å². The molecule has 8 heteroatoms. The van der Waals surface area contributed by atoms with E-state index in [1.54, 1.807) is 6.20 Å². The van der Waals surface area contributed by atoms with E-state index in [1.165, 1.54) is 55.2 Å². The van der Waals surface area contributed by atoms with Crippen molar-refractivity contribution in [2.24, 2.45) is 5.92 Å². The van der Waals surface area contributed by atoms with Crippen LogP contribution < -0.4 is 5.32 Å². The Hall–Kier alpha value is -1.28. The lowest BCUT2D eigenvalue weighted by atomic mass is 9.84. The van der Waals surface area contributed by atoms with Gasteiger partial charge in [-0.2, -0.15) is 0 Å². The molecule has 1 heterocycles. The van der Waals surface area contributed by atoms with Crippen molar-refractivity contribution in [3.05, 3.63) is 6.20 Å². The highest BCUT2D eigenvalue weighted by Gasteiger charge is 2.33. The van der Waals surface area contributed by atoms with Crippen LogP contribution in [-0.4, -0.2) is 44.8 Å². The van der Waals surface area contributed by atoms with E-state index in [0.717, 1.165) is 35.8 Å². The van der Waals surface area contributed by atoms with Crippen LogP contribution in [0.15, 0.2) is 10.4 Å². The number of carboxylic acids is 1. The predicted molar refractivity (Wildman–Crippen MR) is 110 cm³/mol. The van der Waals surface area contributed by atoms with Crippen LogP contribution in [0.5, 0.6) is 0 Å². The molecular formula is C19H29N3O3S2. The molecule has 6 nitrogen and oxygen atoms in total. The number of thiazole rings is 1. The summed E-state index contributed by atoms with van der Waals surface area (Å²) in [7, 11) is 0. The second kappa shape index (κ2) is 9.78. The minimum atomic E-state index is -0.853. The Morgan fingerprint density at radius 1 is 1.19 bits per heavy atom. The lowest BCUT2D eigenvalue weighted by molar-refractivity contribution is -0.133. The second-order valence-corrected chi connectivity index (χ2v) is 10.0. The van der Waals surface area contributed by atoms with Crippen LogP contribution in [0.4, 0.5) is 9.93 Å². The Labute approximate surface area is 169 Å². The molecule has 0 radical (unpaired) electrons. The third-order valence-corrected chi connectivity index (χ3v) is 7.71. The van der Waals surface area contributed by atoms with Gasteiger partial charge < -0.3 is 10.0 Å². The molecule has 2 N–H and O–H groups in total. The van der Waals surface area contributed by atoms with E-state index in [-0.39, 0.29) is 11.8 Å². The Kier molecular flexibility index (Phi) is 7.41. The van der Waals surface area contributed by atoms with E-state index >= 15 is 0 Å². The summed E-state index contributed by atoms with van der Waals surface area (Å²) in [6.45, 7) is 2.30. The third kappa shape index (κ3) is 5.85. The van der Waals surface area contributed by atoms with Crippen molar-refractivity contribution in [3.63, 3.8) is 0 Å². The molecule has 0 atom stereocenters. The highest BCUT2D eigenvalue weighted by molar-refractivity contribution is 8.01. The van der Waals surface area contributed by atoms with Crippen LogP contribution in [0, 0.1) is 5.92 Å². The zero-order valence-electron chi connectivity index (χ0n) is 15.9. The molecule has 0 spiro atoms. The molecule has 1 aromatic rings. The molecule has 2 aliphatic carbocycles. The maximum atomic E-state index is 13.1. The van der Waals surface area contributed by atoms with Gasteiger partial charge in [0.05, 0.1) is 16.2 Å². The fraction of sp³-hybridized carbons (Fsp3) is 0.737. The zero-order valence-corrected chi connectivity index (χ0v) is 17.5. The van der Waals surface area contributed by atoms with Crippen LogP contribution in [0.3, 0.4) is 0 Å². The number of carbonyl (C=O) groups excluding carboxylic acids is 1. The van der Waals surface area contributed by atoms with Gasteiger partial charge in [0.1, 0.15) is 0 Å². The number of aromatic nitrogens is 1. The topological polar surface area (TPSA) is 82.5 Å².